The maximum Gasteiger partial charge on any atom is 0.163 e. The maximum absolute atomic E-state index is 13.5. The predicted octanol–water partition coefficient (Wildman–Crippen LogP) is 2.32. The van der Waals surface area contributed by atoms with Gasteiger partial charge in [0.2, 0.25) is 0 Å². The molecular formula is C13H15F2N3. The van der Waals surface area contributed by atoms with Crippen LogP contribution in [-0.4, -0.2) is 16.3 Å². The fourth-order valence-corrected chi connectivity index (χ4v) is 1.68. The van der Waals surface area contributed by atoms with E-state index >= 15 is 0 Å². The SMILES string of the molecule is CCNCc1ccn(Cc2cccc(F)c2F)n1. The van der Waals surface area contributed by atoms with E-state index in [9.17, 15) is 8.78 Å². The summed E-state index contributed by atoms with van der Waals surface area (Å²) >= 11 is 0. The van der Waals surface area contributed by atoms with Gasteiger partial charge in [0.15, 0.2) is 11.6 Å². The fraction of sp³-hybridized carbons (Fsp3) is 0.308. The Morgan fingerprint density at radius 1 is 1.28 bits per heavy atom. The van der Waals surface area contributed by atoms with Gasteiger partial charge in [0.25, 0.3) is 0 Å². The topological polar surface area (TPSA) is 29.9 Å². The summed E-state index contributed by atoms with van der Waals surface area (Å²) in [5.41, 5.74) is 1.18. The number of hydrogen-bond acceptors (Lipinski definition) is 2. The van der Waals surface area contributed by atoms with Crippen LogP contribution in [0.5, 0.6) is 0 Å². The summed E-state index contributed by atoms with van der Waals surface area (Å²) in [6, 6.07) is 6.03. The molecule has 0 bridgehead atoms. The second-order valence-electron chi connectivity index (χ2n) is 4.00. The molecule has 0 amide bonds. The molecule has 5 heteroatoms. The summed E-state index contributed by atoms with van der Waals surface area (Å²) in [6.07, 6.45) is 1.76. The predicted molar refractivity (Wildman–Crippen MR) is 65.1 cm³/mol. The van der Waals surface area contributed by atoms with Gasteiger partial charge in [-0.1, -0.05) is 19.1 Å². The number of nitrogens with one attached hydrogen (secondary N) is 1. The zero-order chi connectivity index (χ0) is 13.0. The molecule has 0 aliphatic heterocycles. The third kappa shape index (κ3) is 2.92. The van der Waals surface area contributed by atoms with Gasteiger partial charge in [0.1, 0.15) is 0 Å². The highest BCUT2D eigenvalue weighted by atomic mass is 19.2. The number of aromatic nitrogens is 2. The molecule has 0 saturated carbocycles. The van der Waals surface area contributed by atoms with Gasteiger partial charge in [0, 0.05) is 18.3 Å². The number of rotatable bonds is 5. The van der Waals surface area contributed by atoms with Crippen molar-refractivity contribution in [2.24, 2.45) is 0 Å². The Kier molecular flexibility index (Phi) is 4.04. The first-order valence-electron chi connectivity index (χ1n) is 5.86. The average Bonchev–Trinajstić information content (AvgIpc) is 2.80. The maximum atomic E-state index is 13.5. The van der Waals surface area contributed by atoms with Crippen LogP contribution < -0.4 is 5.32 Å². The number of halogens is 2. The molecule has 0 atom stereocenters. The average molecular weight is 251 g/mol. The molecule has 3 nitrogen and oxygen atoms in total. The van der Waals surface area contributed by atoms with Gasteiger partial charge in [-0.05, 0) is 18.7 Å². The minimum atomic E-state index is -0.826. The molecule has 0 radical (unpaired) electrons. The lowest BCUT2D eigenvalue weighted by molar-refractivity contribution is 0.491. The van der Waals surface area contributed by atoms with Crippen LogP contribution in [-0.2, 0) is 13.1 Å². The Morgan fingerprint density at radius 3 is 2.89 bits per heavy atom. The summed E-state index contributed by atoms with van der Waals surface area (Å²) < 4.78 is 28.1. The molecule has 96 valence electrons. The lowest BCUT2D eigenvalue weighted by Gasteiger charge is -2.04. The van der Waals surface area contributed by atoms with E-state index < -0.39 is 11.6 Å². The highest BCUT2D eigenvalue weighted by Crippen LogP contribution is 2.12. The number of nitrogens with zero attached hydrogens (tertiary/aromatic N) is 2. The van der Waals surface area contributed by atoms with Crippen LogP contribution in [0.1, 0.15) is 18.2 Å². The van der Waals surface area contributed by atoms with Gasteiger partial charge in [-0.2, -0.15) is 5.10 Å². The van der Waals surface area contributed by atoms with Crippen molar-refractivity contribution < 1.29 is 8.78 Å². The highest BCUT2D eigenvalue weighted by molar-refractivity contribution is 5.19. The Hall–Kier alpha value is -1.75. The molecule has 0 fully saturated rings. The third-order valence-electron chi connectivity index (χ3n) is 2.62. The molecule has 1 N–H and O–H groups in total. The molecule has 0 spiro atoms. The van der Waals surface area contributed by atoms with E-state index in [4.69, 9.17) is 0 Å². The summed E-state index contributed by atoms with van der Waals surface area (Å²) in [5.74, 6) is -1.63. The summed E-state index contributed by atoms with van der Waals surface area (Å²) in [7, 11) is 0. The lowest BCUT2D eigenvalue weighted by atomic mass is 10.2. The zero-order valence-electron chi connectivity index (χ0n) is 10.2. The molecule has 0 unspecified atom stereocenters. The van der Waals surface area contributed by atoms with Crippen molar-refractivity contribution in [1.29, 1.82) is 0 Å². The van der Waals surface area contributed by atoms with Crippen molar-refractivity contribution in [1.82, 2.24) is 15.1 Å². The quantitative estimate of drug-likeness (QED) is 0.883. The van der Waals surface area contributed by atoms with E-state index in [-0.39, 0.29) is 6.54 Å². The number of hydrogen-bond donors (Lipinski definition) is 1. The first-order chi connectivity index (χ1) is 8.70. The van der Waals surface area contributed by atoms with Crippen molar-refractivity contribution >= 4 is 0 Å². The van der Waals surface area contributed by atoms with Crippen molar-refractivity contribution in [3.05, 3.63) is 53.4 Å². The van der Waals surface area contributed by atoms with E-state index in [0.717, 1.165) is 18.3 Å². The molecule has 1 aromatic heterocycles. The van der Waals surface area contributed by atoms with E-state index in [1.54, 1.807) is 16.9 Å². The Morgan fingerprint density at radius 2 is 2.11 bits per heavy atom. The summed E-state index contributed by atoms with van der Waals surface area (Å²) in [4.78, 5) is 0. The second-order valence-corrected chi connectivity index (χ2v) is 4.00. The minimum absolute atomic E-state index is 0.232. The molecule has 0 aliphatic carbocycles. The normalized spacial score (nSPS) is 10.8. The standard InChI is InChI=1S/C13H15F2N3/c1-2-16-8-11-6-7-18(17-11)9-10-4-3-5-12(14)13(10)15/h3-7,16H,2,8-9H2,1H3. The molecule has 1 aromatic carbocycles. The van der Waals surface area contributed by atoms with E-state index in [0.29, 0.717) is 12.1 Å². The van der Waals surface area contributed by atoms with Crippen molar-refractivity contribution in [3.8, 4) is 0 Å². The first kappa shape index (κ1) is 12.7. The largest absolute Gasteiger partial charge is 0.311 e. The molecule has 0 saturated heterocycles. The van der Waals surface area contributed by atoms with Crippen molar-refractivity contribution in [2.75, 3.05) is 6.54 Å². The lowest BCUT2D eigenvalue weighted by Crippen LogP contribution is -2.13. The summed E-state index contributed by atoms with van der Waals surface area (Å²) in [6.45, 7) is 3.79. The van der Waals surface area contributed by atoms with Crippen molar-refractivity contribution in [3.63, 3.8) is 0 Å². The van der Waals surface area contributed by atoms with Crippen LogP contribution in [0.3, 0.4) is 0 Å². The van der Waals surface area contributed by atoms with Gasteiger partial charge >= 0.3 is 0 Å². The smallest absolute Gasteiger partial charge is 0.163 e. The molecule has 0 aliphatic rings. The van der Waals surface area contributed by atoms with Crippen LogP contribution in [0.2, 0.25) is 0 Å². The number of benzene rings is 1. The van der Waals surface area contributed by atoms with E-state index in [1.807, 2.05) is 13.0 Å². The van der Waals surface area contributed by atoms with E-state index in [2.05, 4.69) is 10.4 Å². The van der Waals surface area contributed by atoms with Gasteiger partial charge in [-0.3, -0.25) is 4.68 Å². The molecular weight excluding hydrogens is 236 g/mol. The van der Waals surface area contributed by atoms with Gasteiger partial charge in [0.05, 0.1) is 12.2 Å². The highest BCUT2D eigenvalue weighted by Gasteiger charge is 2.08. The van der Waals surface area contributed by atoms with E-state index in [1.165, 1.54) is 6.07 Å². The van der Waals surface area contributed by atoms with Crippen molar-refractivity contribution in [2.45, 2.75) is 20.0 Å². The van der Waals surface area contributed by atoms with Gasteiger partial charge < -0.3 is 5.32 Å². The second kappa shape index (κ2) is 5.73. The Bertz CT molecular complexity index is 523. The Labute approximate surface area is 104 Å². The molecule has 2 aromatic rings. The fourth-order valence-electron chi connectivity index (χ4n) is 1.68. The van der Waals surface area contributed by atoms with Crippen LogP contribution in [0, 0.1) is 11.6 Å². The van der Waals surface area contributed by atoms with Gasteiger partial charge in [-0.15, -0.1) is 0 Å². The van der Waals surface area contributed by atoms with Crippen LogP contribution >= 0.6 is 0 Å². The van der Waals surface area contributed by atoms with Crippen LogP contribution in [0.15, 0.2) is 30.5 Å². The first-order valence-corrected chi connectivity index (χ1v) is 5.86. The Balaban J connectivity index is 2.09. The third-order valence-corrected chi connectivity index (χ3v) is 2.62. The van der Waals surface area contributed by atoms with Gasteiger partial charge in [-0.25, -0.2) is 8.78 Å². The summed E-state index contributed by atoms with van der Waals surface area (Å²) in [5, 5.41) is 7.43. The van der Waals surface area contributed by atoms with Crippen LogP contribution in [0.25, 0.3) is 0 Å². The van der Waals surface area contributed by atoms with Crippen LogP contribution in [0.4, 0.5) is 8.78 Å². The molecule has 18 heavy (non-hydrogen) atoms. The minimum Gasteiger partial charge on any atom is -0.311 e. The zero-order valence-corrected chi connectivity index (χ0v) is 10.2. The molecule has 1 heterocycles. The molecule has 2 rings (SSSR count). The monoisotopic (exact) mass is 251 g/mol.